The van der Waals surface area contributed by atoms with Crippen LogP contribution in [0.4, 0.5) is 0 Å². The summed E-state index contributed by atoms with van der Waals surface area (Å²) in [6, 6.07) is 2.09. The van der Waals surface area contributed by atoms with Gasteiger partial charge < -0.3 is 0 Å². The van der Waals surface area contributed by atoms with Gasteiger partial charge in [-0.3, -0.25) is 4.68 Å². The summed E-state index contributed by atoms with van der Waals surface area (Å²) in [6.45, 7) is 2.28. The lowest BCUT2D eigenvalue weighted by atomic mass is 9.90. The highest BCUT2D eigenvalue weighted by Crippen LogP contribution is 2.28. The van der Waals surface area contributed by atoms with Gasteiger partial charge in [-0.2, -0.15) is 5.10 Å². The van der Waals surface area contributed by atoms with E-state index in [1.54, 1.807) is 0 Å². The van der Waals surface area contributed by atoms with E-state index in [4.69, 9.17) is 0 Å². The van der Waals surface area contributed by atoms with Crippen LogP contribution in [0.5, 0.6) is 0 Å². The SMILES string of the molecule is Cn1nccc1CCC(C)(CBr)CBr. The second-order valence-corrected chi connectivity index (χ2v) is 5.15. The Bertz CT molecular complexity index is 279. The summed E-state index contributed by atoms with van der Waals surface area (Å²) in [4.78, 5) is 0. The Balaban J connectivity index is 2.52. The molecular weight excluding hydrogens is 308 g/mol. The van der Waals surface area contributed by atoms with Crippen molar-refractivity contribution in [3.05, 3.63) is 18.0 Å². The molecule has 4 heteroatoms. The number of hydrogen-bond donors (Lipinski definition) is 0. The number of hydrogen-bond acceptors (Lipinski definition) is 1. The molecule has 1 rings (SSSR count). The molecule has 1 aromatic heterocycles. The normalized spacial score (nSPS) is 12.0. The molecule has 0 atom stereocenters. The van der Waals surface area contributed by atoms with Crippen LogP contribution in [0, 0.1) is 5.41 Å². The Hall–Kier alpha value is 0.170. The highest BCUT2D eigenvalue weighted by molar-refractivity contribution is 9.09. The first kappa shape index (κ1) is 12.2. The van der Waals surface area contributed by atoms with Crippen molar-refractivity contribution in [2.75, 3.05) is 10.7 Å². The Kier molecular flexibility index (Phi) is 4.64. The Morgan fingerprint density at radius 1 is 1.43 bits per heavy atom. The number of aromatic nitrogens is 2. The average molecular weight is 324 g/mol. The van der Waals surface area contributed by atoms with E-state index in [2.05, 4.69) is 49.9 Å². The first-order chi connectivity index (χ1) is 6.61. The zero-order chi connectivity index (χ0) is 10.6. The fraction of sp³-hybridized carbons (Fsp3) is 0.700. The fourth-order valence-electron chi connectivity index (χ4n) is 1.25. The second-order valence-electron chi connectivity index (χ2n) is 4.02. The molecule has 0 amide bonds. The number of rotatable bonds is 5. The number of halogens is 2. The summed E-state index contributed by atoms with van der Waals surface area (Å²) in [5, 5.41) is 6.22. The summed E-state index contributed by atoms with van der Waals surface area (Å²) in [5.74, 6) is 0. The van der Waals surface area contributed by atoms with E-state index in [0.717, 1.165) is 17.1 Å². The molecule has 1 heterocycles. The van der Waals surface area contributed by atoms with E-state index in [9.17, 15) is 0 Å². The molecular formula is C10H16Br2N2. The van der Waals surface area contributed by atoms with Crippen molar-refractivity contribution in [3.63, 3.8) is 0 Å². The summed E-state index contributed by atoms with van der Waals surface area (Å²) < 4.78 is 1.95. The van der Waals surface area contributed by atoms with Gasteiger partial charge in [-0.25, -0.2) is 0 Å². The van der Waals surface area contributed by atoms with Gasteiger partial charge in [0, 0.05) is 29.6 Å². The lowest BCUT2D eigenvalue weighted by molar-refractivity contribution is 0.397. The third kappa shape index (κ3) is 3.09. The molecule has 80 valence electrons. The molecule has 0 N–H and O–H groups in total. The molecule has 0 aromatic carbocycles. The quantitative estimate of drug-likeness (QED) is 0.761. The first-order valence-corrected chi connectivity index (χ1v) is 6.94. The predicted octanol–water partition coefficient (Wildman–Crippen LogP) is 3.15. The maximum absolute atomic E-state index is 4.16. The van der Waals surface area contributed by atoms with Crippen LogP contribution in [0.15, 0.2) is 12.3 Å². The molecule has 0 aliphatic rings. The van der Waals surface area contributed by atoms with Crippen molar-refractivity contribution in [2.24, 2.45) is 12.5 Å². The van der Waals surface area contributed by atoms with E-state index < -0.39 is 0 Å². The Morgan fingerprint density at radius 2 is 2.07 bits per heavy atom. The van der Waals surface area contributed by atoms with Crippen LogP contribution >= 0.6 is 31.9 Å². The third-order valence-corrected chi connectivity index (χ3v) is 5.26. The van der Waals surface area contributed by atoms with Crippen molar-refractivity contribution < 1.29 is 0 Å². The van der Waals surface area contributed by atoms with Gasteiger partial charge >= 0.3 is 0 Å². The van der Waals surface area contributed by atoms with Gasteiger partial charge in [0.15, 0.2) is 0 Å². The molecule has 0 fully saturated rings. The first-order valence-electron chi connectivity index (χ1n) is 4.70. The van der Waals surface area contributed by atoms with E-state index >= 15 is 0 Å². The number of aryl methyl sites for hydroxylation is 2. The van der Waals surface area contributed by atoms with E-state index in [1.165, 1.54) is 12.1 Å². The van der Waals surface area contributed by atoms with Crippen molar-refractivity contribution >= 4 is 31.9 Å². The van der Waals surface area contributed by atoms with Crippen LogP contribution in [-0.2, 0) is 13.5 Å². The van der Waals surface area contributed by atoms with Crippen molar-refractivity contribution in [1.82, 2.24) is 9.78 Å². The summed E-state index contributed by atoms with van der Waals surface area (Å²) in [7, 11) is 1.99. The lowest BCUT2D eigenvalue weighted by Crippen LogP contribution is -2.21. The lowest BCUT2D eigenvalue weighted by Gasteiger charge is -2.24. The topological polar surface area (TPSA) is 17.8 Å². The van der Waals surface area contributed by atoms with E-state index in [1.807, 2.05) is 17.9 Å². The van der Waals surface area contributed by atoms with E-state index in [-0.39, 0.29) is 0 Å². The fourth-order valence-corrected chi connectivity index (χ4v) is 2.74. The molecule has 0 aliphatic heterocycles. The Labute approximate surface area is 102 Å². The molecule has 0 bridgehead atoms. The smallest absolute Gasteiger partial charge is 0.0492 e. The molecule has 0 spiro atoms. The largest absolute Gasteiger partial charge is 0.273 e. The van der Waals surface area contributed by atoms with Crippen LogP contribution in [0.3, 0.4) is 0 Å². The summed E-state index contributed by atoms with van der Waals surface area (Å²) in [6.07, 6.45) is 4.11. The maximum atomic E-state index is 4.16. The molecule has 2 nitrogen and oxygen atoms in total. The molecule has 0 aliphatic carbocycles. The molecule has 0 saturated heterocycles. The third-order valence-electron chi connectivity index (χ3n) is 2.55. The minimum absolute atomic E-state index is 0.338. The van der Waals surface area contributed by atoms with Gasteiger partial charge in [-0.1, -0.05) is 38.8 Å². The van der Waals surface area contributed by atoms with Crippen LogP contribution in [0.1, 0.15) is 19.0 Å². The van der Waals surface area contributed by atoms with Crippen LogP contribution in [-0.4, -0.2) is 20.4 Å². The van der Waals surface area contributed by atoms with Gasteiger partial charge in [0.1, 0.15) is 0 Å². The predicted molar refractivity (Wildman–Crippen MR) is 67.2 cm³/mol. The molecule has 14 heavy (non-hydrogen) atoms. The van der Waals surface area contributed by atoms with Crippen molar-refractivity contribution in [3.8, 4) is 0 Å². The molecule has 0 unspecified atom stereocenters. The summed E-state index contributed by atoms with van der Waals surface area (Å²) in [5.41, 5.74) is 1.64. The number of nitrogens with zero attached hydrogens (tertiary/aromatic N) is 2. The van der Waals surface area contributed by atoms with Gasteiger partial charge in [0.05, 0.1) is 0 Å². The zero-order valence-corrected chi connectivity index (χ0v) is 11.8. The highest BCUT2D eigenvalue weighted by atomic mass is 79.9. The number of alkyl halides is 2. The van der Waals surface area contributed by atoms with Crippen LogP contribution < -0.4 is 0 Å². The maximum Gasteiger partial charge on any atom is 0.0492 e. The van der Waals surface area contributed by atoms with Crippen molar-refractivity contribution in [1.29, 1.82) is 0 Å². The van der Waals surface area contributed by atoms with Gasteiger partial charge in [-0.15, -0.1) is 0 Å². The van der Waals surface area contributed by atoms with Crippen molar-refractivity contribution in [2.45, 2.75) is 19.8 Å². The minimum atomic E-state index is 0.338. The minimum Gasteiger partial charge on any atom is -0.273 e. The van der Waals surface area contributed by atoms with E-state index in [0.29, 0.717) is 5.41 Å². The van der Waals surface area contributed by atoms with Crippen LogP contribution in [0.2, 0.25) is 0 Å². The summed E-state index contributed by atoms with van der Waals surface area (Å²) >= 11 is 7.13. The second kappa shape index (κ2) is 5.31. The molecule has 1 aromatic rings. The highest BCUT2D eigenvalue weighted by Gasteiger charge is 2.21. The molecule has 0 radical (unpaired) electrons. The standard InChI is InChI=1S/C10H16Br2N2/c1-10(7-11,8-12)5-3-9-4-6-13-14(9)2/h4,6H,3,5,7-8H2,1-2H3. The average Bonchev–Trinajstić information content (AvgIpc) is 2.61. The van der Waals surface area contributed by atoms with Gasteiger partial charge in [-0.05, 0) is 24.3 Å². The zero-order valence-electron chi connectivity index (χ0n) is 8.63. The monoisotopic (exact) mass is 322 g/mol. The van der Waals surface area contributed by atoms with Gasteiger partial charge in [0.2, 0.25) is 0 Å². The molecule has 0 saturated carbocycles. The Morgan fingerprint density at radius 3 is 2.50 bits per heavy atom. The van der Waals surface area contributed by atoms with Gasteiger partial charge in [0.25, 0.3) is 0 Å². The van der Waals surface area contributed by atoms with Crippen LogP contribution in [0.25, 0.3) is 0 Å².